The Balaban J connectivity index is 3.34. The van der Waals surface area contributed by atoms with Crippen molar-refractivity contribution in [2.45, 2.75) is 11.8 Å². The first kappa shape index (κ1) is 11.3. The quantitative estimate of drug-likeness (QED) is 0.829. The van der Waals surface area contributed by atoms with E-state index >= 15 is 0 Å². The molecule has 7 heteroatoms. The van der Waals surface area contributed by atoms with Gasteiger partial charge >= 0.3 is 0 Å². The van der Waals surface area contributed by atoms with Gasteiger partial charge in [0.05, 0.1) is 0 Å². The van der Waals surface area contributed by atoms with E-state index in [0.717, 1.165) is 17.8 Å². The summed E-state index contributed by atoms with van der Waals surface area (Å²) in [5, 5.41) is 0.604. The van der Waals surface area contributed by atoms with Crippen LogP contribution in [0.4, 0.5) is 10.8 Å². The maximum absolute atomic E-state index is 11.4. The number of hydrogen-bond acceptors (Lipinski definition) is 6. The second-order valence-corrected chi connectivity index (χ2v) is 5.69. The highest BCUT2D eigenvalue weighted by Gasteiger charge is 2.22. The highest BCUT2D eigenvalue weighted by molar-refractivity contribution is 7.91. The highest BCUT2D eigenvalue weighted by atomic mass is 32.2. The molecule has 0 radical (unpaired) electrons. The van der Waals surface area contributed by atoms with Crippen molar-refractivity contribution in [1.29, 1.82) is 0 Å². The Morgan fingerprint density at radius 3 is 2.57 bits per heavy atom. The van der Waals surface area contributed by atoms with E-state index in [2.05, 4.69) is 4.37 Å². The van der Waals surface area contributed by atoms with Crippen molar-refractivity contribution in [2.24, 2.45) is 0 Å². The lowest BCUT2D eigenvalue weighted by Crippen LogP contribution is -2.17. The first-order chi connectivity index (χ1) is 6.38. The number of anilines is 2. The van der Waals surface area contributed by atoms with Crippen LogP contribution >= 0.6 is 11.5 Å². The Hall–Kier alpha value is -0.820. The molecule has 14 heavy (non-hydrogen) atoms. The summed E-state index contributed by atoms with van der Waals surface area (Å²) >= 11 is 1.11. The number of sulfone groups is 1. The van der Waals surface area contributed by atoms with Crippen LogP contribution in [0.3, 0.4) is 0 Å². The normalized spacial score (nSPS) is 11.6. The summed E-state index contributed by atoms with van der Waals surface area (Å²) in [6.07, 6.45) is 1.14. The van der Waals surface area contributed by atoms with Crippen LogP contribution < -0.4 is 10.6 Å². The Bertz CT molecular complexity index is 424. The van der Waals surface area contributed by atoms with E-state index in [0.29, 0.717) is 11.5 Å². The molecule has 0 bridgehead atoms. The molecule has 0 aromatic carbocycles. The van der Waals surface area contributed by atoms with Crippen LogP contribution in [0, 0.1) is 0 Å². The van der Waals surface area contributed by atoms with Crippen molar-refractivity contribution < 1.29 is 8.42 Å². The molecule has 0 spiro atoms. The van der Waals surface area contributed by atoms with Gasteiger partial charge in [-0.1, -0.05) is 0 Å². The van der Waals surface area contributed by atoms with E-state index in [1.54, 1.807) is 0 Å². The fourth-order valence-electron chi connectivity index (χ4n) is 1.02. The lowest BCUT2D eigenvalue weighted by Gasteiger charge is -2.14. The Kier molecular flexibility index (Phi) is 3.01. The van der Waals surface area contributed by atoms with Crippen molar-refractivity contribution in [2.75, 3.05) is 30.5 Å². The van der Waals surface area contributed by atoms with E-state index < -0.39 is 9.84 Å². The minimum Gasteiger partial charge on any atom is -0.382 e. The first-order valence-electron chi connectivity index (χ1n) is 4.04. The first-order valence-corrected chi connectivity index (χ1v) is 6.70. The van der Waals surface area contributed by atoms with Gasteiger partial charge in [0.1, 0.15) is 9.90 Å². The van der Waals surface area contributed by atoms with E-state index in [1.807, 2.05) is 18.9 Å². The Morgan fingerprint density at radius 2 is 2.14 bits per heavy atom. The van der Waals surface area contributed by atoms with E-state index in [-0.39, 0.29) is 10.7 Å². The van der Waals surface area contributed by atoms with Gasteiger partial charge in [0.15, 0.2) is 15.7 Å². The average Bonchev–Trinajstić information content (AvgIpc) is 2.44. The largest absolute Gasteiger partial charge is 0.382 e. The molecule has 0 aliphatic heterocycles. The standard InChI is InChI=1S/C7H13N3O2S2/c1-4-10(2)7-5(14(3,11)12)6(8)9-13-7/h4H2,1-3H3,(H2,8,9). The Morgan fingerprint density at radius 1 is 1.57 bits per heavy atom. The van der Waals surface area contributed by atoms with Crippen LogP contribution in [0.1, 0.15) is 6.92 Å². The smallest absolute Gasteiger partial charge is 0.182 e. The molecule has 1 rings (SSSR count). The highest BCUT2D eigenvalue weighted by Crippen LogP contribution is 2.33. The summed E-state index contributed by atoms with van der Waals surface area (Å²) in [7, 11) is -1.49. The number of nitrogens with two attached hydrogens (primary N) is 1. The molecule has 2 N–H and O–H groups in total. The van der Waals surface area contributed by atoms with Gasteiger partial charge in [0.25, 0.3) is 0 Å². The van der Waals surface area contributed by atoms with Crippen molar-refractivity contribution in [3.8, 4) is 0 Å². The maximum atomic E-state index is 11.4. The molecule has 1 heterocycles. The maximum Gasteiger partial charge on any atom is 0.182 e. The summed E-state index contributed by atoms with van der Waals surface area (Å²) in [4.78, 5) is 1.96. The molecule has 1 aromatic rings. The molecule has 0 amide bonds. The molecule has 0 aliphatic carbocycles. The Labute approximate surface area is 87.6 Å². The molecule has 0 saturated carbocycles. The zero-order valence-electron chi connectivity index (χ0n) is 8.31. The van der Waals surface area contributed by atoms with E-state index in [4.69, 9.17) is 5.73 Å². The second kappa shape index (κ2) is 3.74. The third kappa shape index (κ3) is 1.98. The predicted octanol–water partition coefficient (Wildman–Crippen LogP) is 0.585. The number of aromatic nitrogens is 1. The van der Waals surface area contributed by atoms with Gasteiger partial charge in [0, 0.05) is 19.8 Å². The minimum atomic E-state index is -3.29. The van der Waals surface area contributed by atoms with Crippen molar-refractivity contribution >= 4 is 32.2 Å². The SMILES string of the molecule is CCN(C)c1snc(N)c1S(C)(=O)=O. The van der Waals surface area contributed by atoms with Gasteiger partial charge in [-0.15, -0.1) is 0 Å². The number of rotatable bonds is 3. The summed E-state index contributed by atoms with van der Waals surface area (Å²) in [5.74, 6) is 0.0906. The van der Waals surface area contributed by atoms with E-state index in [9.17, 15) is 8.42 Å². The van der Waals surface area contributed by atoms with E-state index in [1.165, 1.54) is 0 Å². The van der Waals surface area contributed by atoms with Gasteiger partial charge in [-0.25, -0.2) is 8.42 Å². The molecule has 0 unspecified atom stereocenters. The fraction of sp³-hybridized carbons (Fsp3) is 0.571. The van der Waals surface area contributed by atoms with Gasteiger partial charge in [0.2, 0.25) is 0 Å². The van der Waals surface area contributed by atoms with Gasteiger partial charge in [-0.2, -0.15) is 4.37 Å². The number of hydrogen-bond donors (Lipinski definition) is 1. The molecular weight excluding hydrogens is 222 g/mol. The van der Waals surface area contributed by atoms with Crippen molar-refractivity contribution in [3.05, 3.63) is 0 Å². The second-order valence-electron chi connectivity index (χ2n) is 2.99. The van der Waals surface area contributed by atoms with Crippen LogP contribution in [0.5, 0.6) is 0 Å². The summed E-state index contributed by atoms with van der Waals surface area (Å²) < 4.78 is 26.7. The summed E-state index contributed by atoms with van der Waals surface area (Å²) in [6.45, 7) is 2.64. The van der Waals surface area contributed by atoms with Gasteiger partial charge in [-0.3, -0.25) is 0 Å². The van der Waals surface area contributed by atoms with Gasteiger partial charge < -0.3 is 10.6 Å². The number of nitrogen functional groups attached to an aromatic ring is 1. The molecule has 80 valence electrons. The number of nitrogens with zero attached hydrogens (tertiary/aromatic N) is 2. The summed E-state index contributed by atoms with van der Waals surface area (Å²) in [5.41, 5.74) is 5.51. The van der Waals surface area contributed by atoms with Crippen molar-refractivity contribution in [1.82, 2.24) is 4.37 Å². The molecule has 1 aromatic heterocycles. The van der Waals surface area contributed by atoms with Crippen LogP contribution in [-0.2, 0) is 9.84 Å². The zero-order valence-corrected chi connectivity index (χ0v) is 9.94. The van der Waals surface area contributed by atoms with Crippen LogP contribution in [0.2, 0.25) is 0 Å². The molecule has 5 nitrogen and oxygen atoms in total. The molecular formula is C7H13N3O2S2. The molecule has 0 fully saturated rings. The van der Waals surface area contributed by atoms with Crippen LogP contribution in [-0.4, -0.2) is 32.6 Å². The molecule has 0 aliphatic rings. The molecule has 0 saturated heterocycles. The monoisotopic (exact) mass is 235 g/mol. The average molecular weight is 235 g/mol. The summed E-state index contributed by atoms with van der Waals surface area (Å²) in [6, 6.07) is 0. The third-order valence-electron chi connectivity index (χ3n) is 1.85. The predicted molar refractivity (Wildman–Crippen MR) is 58.6 cm³/mol. The van der Waals surface area contributed by atoms with Crippen LogP contribution in [0.25, 0.3) is 0 Å². The lowest BCUT2D eigenvalue weighted by atomic mass is 10.5. The zero-order chi connectivity index (χ0) is 10.9. The fourth-order valence-corrected chi connectivity index (χ4v) is 3.27. The third-order valence-corrected chi connectivity index (χ3v) is 4.10. The minimum absolute atomic E-state index is 0.0906. The topological polar surface area (TPSA) is 76.3 Å². The van der Waals surface area contributed by atoms with Gasteiger partial charge in [-0.05, 0) is 18.5 Å². The van der Waals surface area contributed by atoms with Crippen LogP contribution in [0.15, 0.2) is 4.90 Å². The lowest BCUT2D eigenvalue weighted by molar-refractivity contribution is 0.602. The molecule has 0 atom stereocenters. The van der Waals surface area contributed by atoms with Crippen molar-refractivity contribution in [3.63, 3.8) is 0 Å².